The van der Waals surface area contributed by atoms with Crippen LogP contribution in [0.25, 0.3) is 33.2 Å². The van der Waals surface area contributed by atoms with E-state index in [0.29, 0.717) is 21.5 Å². The second-order valence-electron chi connectivity index (χ2n) is 7.37. The predicted octanol–water partition coefficient (Wildman–Crippen LogP) is 5.60. The molecule has 0 fully saturated rings. The fourth-order valence-corrected chi connectivity index (χ4v) is 3.80. The number of aromatic nitrogens is 1. The lowest BCUT2D eigenvalue weighted by Crippen LogP contribution is -2.09. The second-order valence-corrected chi connectivity index (χ2v) is 7.77. The molecule has 1 aromatic heterocycles. The number of aromatic hydroxyl groups is 1. The molecule has 4 nitrogen and oxygen atoms in total. The van der Waals surface area contributed by atoms with Gasteiger partial charge in [0, 0.05) is 30.7 Å². The van der Waals surface area contributed by atoms with E-state index in [4.69, 9.17) is 11.6 Å². The van der Waals surface area contributed by atoms with Crippen molar-refractivity contribution in [1.82, 2.24) is 4.98 Å². The summed E-state index contributed by atoms with van der Waals surface area (Å²) in [5.41, 5.74) is 4.92. The molecule has 0 atom stereocenters. The Balaban J connectivity index is 1.93. The highest BCUT2D eigenvalue weighted by Crippen LogP contribution is 2.38. The third kappa shape index (κ3) is 3.47. The zero-order chi connectivity index (χ0) is 20.7. The molecule has 0 spiro atoms. The molecule has 146 valence electrons. The standard InChI is InChI=1S/C24H21ClN2O2/c1-14-5-4-6-16(11-14)22-23(28)19-12-18(20(25)13-21(19)26-24(22)29)15-7-9-17(10-8-15)27(2)3/h4-13H,1-3H3,(H2,26,28,29). The Morgan fingerprint density at radius 2 is 1.69 bits per heavy atom. The lowest BCUT2D eigenvalue weighted by atomic mass is 9.98. The number of pyridine rings is 1. The van der Waals surface area contributed by atoms with Gasteiger partial charge in [0.15, 0.2) is 0 Å². The number of fused-ring (bicyclic) bond motifs is 1. The van der Waals surface area contributed by atoms with Crippen LogP contribution in [0.3, 0.4) is 0 Å². The minimum Gasteiger partial charge on any atom is -0.506 e. The van der Waals surface area contributed by atoms with Crippen LogP contribution in [0.4, 0.5) is 5.69 Å². The van der Waals surface area contributed by atoms with Gasteiger partial charge in [0.2, 0.25) is 0 Å². The molecule has 1 heterocycles. The summed E-state index contributed by atoms with van der Waals surface area (Å²) in [7, 11) is 3.97. The first-order chi connectivity index (χ1) is 13.8. The minimum absolute atomic E-state index is 0.0443. The fraction of sp³-hybridized carbons (Fsp3) is 0.125. The van der Waals surface area contributed by atoms with Gasteiger partial charge in [-0.1, -0.05) is 53.6 Å². The largest absolute Gasteiger partial charge is 0.506 e. The molecule has 0 saturated heterocycles. The number of rotatable bonds is 3. The number of nitrogens with one attached hydrogen (secondary N) is 1. The van der Waals surface area contributed by atoms with Gasteiger partial charge < -0.3 is 15.0 Å². The van der Waals surface area contributed by atoms with E-state index in [0.717, 1.165) is 22.4 Å². The maximum absolute atomic E-state index is 12.7. The molecular formula is C24H21ClN2O2. The van der Waals surface area contributed by atoms with Crippen molar-refractivity contribution in [2.24, 2.45) is 0 Å². The van der Waals surface area contributed by atoms with Crippen molar-refractivity contribution in [1.29, 1.82) is 0 Å². The molecule has 29 heavy (non-hydrogen) atoms. The number of aromatic amines is 1. The summed E-state index contributed by atoms with van der Waals surface area (Å²) in [6.45, 7) is 1.95. The van der Waals surface area contributed by atoms with Crippen molar-refractivity contribution in [2.75, 3.05) is 19.0 Å². The lowest BCUT2D eigenvalue weighted by molar-refractivity contribution is 0.482. The maximum atomic E-state index is 12.7. The van der Waals surface area contributed by atoms with Gasteiger partial charge in [0.05, 0.1) is 16.1 Å². The smallest absolute Gasteiger partial charge is 0.260 e. The van der Waals surface area contributed by atoms with Crippen LogP contribution >= 0.6 is 11.6 Å². The van der Waals surface area contributed by atoms with Crippen molar-refractivity contribution in [3.05, 3.63) is 81.6 Å². The molecule has 3 aromatic carbocycles. The first-order valence-electron chi connectivity index (χ1n) is 9.28. The number of hydrogen-bond donors (Lipinski definition) is 2. The van der Waals surface area contributed by atoms with Crippen molar-refractivity contribution >= 4 is 28.2 Å². The Labute approximate surface area is 174 Å². The molecule has 0 aliphatic carbocycles. The van der Waals surface area contributed by atoms with E-state index in [1.807, 2.05) is 80.5 Å². The molecule has 0 radical (unpaired) electrons. The van der Waals surface area contributed by atoms with Crippen LogP contribution in [-0.2, 0) is 0 Å². The number of nitrogens with zero attached hydrogens (tertiary/aromatic N) is 1. The number of hydrogen-bond acceptors (Lipinski definition) is 3. The van der Waals surface area contributed by atoms with Crippen molar-refractivity contribution in [3.8, 4) is 28.0 Å². The van der Waals surface area contributed by atoms with Gasteiger partial charge in [0.1, 0.15) is 5.75 Å². The van der Waals surface area contributed by atoms with Gasteiger partial charge in [-0.2, -0.15) is 0 Å². The molecule has 4 rings (SSSR count). The third-order valence-electron chi connectivity index (χ3n) is 5.08. The van der Waals surface area contributed by atoms with Crippen LogP contribution in [0.5, 0.6) is 5.75 Å². The van der Waals surface area contributed by atoms with Crippen LogP contribution in [0.2, 0.25) is 5.02 Å². The highest BCUT2D eigenvalue weighted by atomic mass is 35.5. The van der Waals surface area contributed by atoms with Crippen LogP contribution in [0, 0.1) is 6.92 Å². The Hall–Kier alpha value is -3.24. The van der Waals surface area contributed by atoms with Crippen molar-refractivity contribution in [2.45, 2.75) is 6.92 Å². The maximum Gasteiger partial charge on any atom is 0.260 e. The van der Waals surface area contributed by atoms with Crippen LogP contribution in [0.1, 0.15) is 5.56 Å². The van der Waals surface area contributed by atoms with E-state index in [-0.39, 0.29) is 16.9 Å². The molecule has 4 aromatic rings. The molecule has 0 saturated carbocycles. The molecule has 0 bridgehead atoms. The molecule has 0 aliphatic rings. The average molecular weight is 405 g/mol. The Morgan fingerprint density at radius 1 is 0.966 bits per heavy atom. The third-order valence-corrected chi connectivity index (χ3v) is 5.39. The topological polar surface area (TPSA) is 56.3 Å². The first kappa shape index (κ1) is 19.1. The zero-order valence-electron chi connectivity index (χ0n) is 16.5. The monoisotopic (exact) mass is 404 g/mol. The van der Waals surface area contributed by atoms with Crippen molar-refractivity contribution < 1.29 is 5.11 Å². The van der Waals surface area contributed by atoms with Crippen molar-refractivity contribution in [3.63, 3.8) is 0 Å². The number of halogens is 1. The molecule has 2 N–H and O–H groups in total. The highest BCUT2D eigenvalue weighted by Gasteiger charge is 2.16. The molecule has 0 unspecified atom stereocenters. The molecule has 5 heteroatoms. The number of benzene rings is 3. The summed E-state index contributed by atoms with van der Waals surface area (Å²) in [5, 5.41) is 12.0. The Bertz CT molecular complexity index is 1270. The SMILES string of the molecule is Cc1cccc(-c2c(O)c3cc(-c4ccc(N(C)C)cc4)c(Cl)cc3[nH]c2=O)c1. The highest BCUT2D eigenvalue weighted by molar-refractivity contribution is 6.34. The van der Waals surface area contributed by atoms with Crippen LogP contribution in [-0.4, -0.2) is 24.2 Å². The first-order valence-corrected chi connectivity index (χ1v) is 9.66. The second kappa shape index (κ2) is 7.30. The van der Waals surface area contributed by atoms with E-state index >= 15 is 0 Å². The summed E-state index contributed by atoms with van der Waals surface area (Å²) in [4.78, 5) is 17.5. The van der Waals surface area contributed by atoms with Gasteiger partial charge in [-0.25, -0.2) is 0 Å². The minimum atomic E-state index is -0.347. The fourth-order valence-electron chi connectivity index (χ4n) is 3.53. The van der Waals surface area contributed by atoms with E-state index in [1.165, 1.54) is 0 Å². The molecular weight excluding hydrogens is 384 g/mol. The van der Waals surface area contributed by atoms with E-state index in [9.17, 15) is 9.90 Å². The predicted molar refractivity (Wildman–Crippen MR) is 121 cm³/mol. The summed E-state index contributed by atoms with van der Waals surface area (Å²) >= 11 is 6.51. The van der Waals surface area contributed by atoms with E-state index < -0.39 is 0 Å². The van der Waals surface area contributed by atoms with Crippen LogP contribution in [0.15, 0.2) is 65.5 Å². The molecule has 0 amide bonds. The van der Waals surface area contributed by atoms with Gasteiger partial charge >= 0.3 is 0 Å². The number of H-pyrrole nitrogens is 1. The lowest BCUT2D eigenvalue weighted by Gasteiger charge is -2.14. The summed E-state index contributed by atoms with van der Waals surface area (Å²) in [6.07, 6.45) is 0. The Morgan fingerprint density at radius 3 is 2.34 bits per heavy atom. The quantitative estimate of drug-likeness (QED) is 0.467. The average Bonchev–Trinajstić information content (AvgIpc) is 2.68. The summed E-state index contributed by atoms with van der Waals surface area (Å²) < 4.78 is 0. The van der Waals surface area contributed by atoms with E-state index in [2.05, 4.69) is 4.98 Å². The Kier molecular flexibility index (Phi) is 4.81. The number of anilines is 1. The number of aryl methyl sites for hydroxylation is 1. The van der Waals surface area contributed by atoms with Gasteiger partial charge in [-0.05, 0) is 42.3 Å². The zero-order valence-corrected chi connectivity index (χ0v) is 17.2. The van der Waals surface area contributed by atoms with Gasteiger partial charge in [0.25, 0.3) is 5.56 Å². The van der Waals surface area contributed by atoms with E-state index in [1.54, 1.807) is 6.07 Å². The molecule has 0 aliphatic heterocycles. The van der Waals surface area contributed by atoms with Gasteiger partial charge in [-0.15, -0.1) is 0 Å². The normalized spacial score (nSPS) is 11.0. The van der Waals surface area contributed by atoms with Crippen LogP contribution < -0.4 is 10.5 Å². The summed E-state index contributed by atoms with van der Waals surface area (Å²) in [6, 6.07) is 19.0. The summed E-state index contributed by atoms with van der Waals surface area (Å²) in [5.74, 6) is -0.0443. The van der Waals surface area contributed by atoms with Gasteiger partial charge in [-0.3, -0.25) is 4.79 Å².